The van der Waals surface area contributed by atoms with Gasteiger partial charge in [0.05, 0.1) is 0 Å². The Kier molecular flexibility index (Phi) is 10.8. The Balaban J connectivity index is 6.50. The van der Waals surface area contributed by atoms with E-state index >= 15 is 0 Å². The molecule has 0 aromatic rings. The second-order valence-electron chi connectivity index (χ2n) is 4.20. The maximum atomic E-state index is 6.12. The maximum Gasteiger partial charge on any atom is 0.226 e. The molecule has 0 fully saturated rings. The SMILES string of the molecule is Cl[C](Cl)C(Cl)(Cl)C(Cl)(Cl)C(Cl)(Cl)C(Cl)(Cl)C(Cl)(Cl)C(Cl)(Cl)C(Cl)(Cl)Cl. The largest absolute Gasteiger partial charge is 0.226 e. The number of alkyl halides is 15. The molecule has 1 radical (unpaired) electrons. The Morgan fingerprint density at radius 3 is 0.840 bits per heavy atom. The third kappa shape index (κ3) is 4.98. The van der Waals surface area contributed by atoms with E-state index < -0.39 is 34.6 Å². The number of rotatable bonds is 6. The van der Waals surface area contributed by atoms with Crippen molar-refractivity contribution in [3.63, 3.8) is 0 Å². The molecule has 151 valence electrons. The molecule has 0 aromatic carbocycles. The molecule has 0 bridgehead atoms. The first kappa shape index (κ1) is 29.9. The fraction of sp³-hybridized carbons (Fsp3) is 0.875. The number of hydrogen-bond acceptors (Lipinski definition) is 0. The van der Waals surface area contributed by atoms with E-state index in [1.165, 1.54) is 0 Å². The van der Waals surface area contributed by atoms with Crippen LogP contribution in [0.5, 0.6) is 0 Å². The van der Waals surface area contributed by atoms with Gasteiger partial charge in [-0.1, -0.05) is 197 Å². The lowest BCUT2D eigenvalue weighted by molar-refractivity contribution is 0.484. The Morgan fingerprint density at radius 1 is 0.360 bits per heavy atom. The fourth-order valence-electron chi connectivity index (χ4n) is 1.09. The normalized spacial score (nSPS) is 16.6. The van der Waals surface area contributed by atoms with Gasteiger partial charge in [-0.25, -0.2) is 0 Å². The molecule has 17 heteroatoms. The average Bonchev–Trinajstić information content (AvgIpc) is 2.35. The smallest absolute Gasteiger partial charge is 0.0946 e. The lowest BCUT2D eigenvalue weighted by atomic mass is 10.1. The summed E-state index contributed by atoms with van der Waals surface area (Å²) in [6.45, 7) is 0. The monoisotopic (exact) mass is 690 g/mol. The predicted octanol–water partition coefficient (Wildman–Crippen LogP) is 10.4. The van der Waals surface area contributed by atoms with Crippen LogP contribution in [0.25, 0.3) is 0 Å². The first-order valence-corrected chi connectivity index (χ1v) is 11.4. The molecule has 0 unspecified atom stereocenters. The summed E-state index contributed by atoms with van der Waals surface area (Å²) < 4.78 is -19.3. The van der Waals surface area contributed by atoms with Crippen molar-refractivity contribution >= 4 is 197 Å². The molecule has 0 rings (SSSR count). The lowest BCUT2D eigenvalue weighted by Gasteiger charge is -2.52. The third-order valence-corrected chi connectivity index (χ3v) is 13.5. The van der Waals surface area contributed by atoms with Crippen molar-refractivity contribution in [2.45, 2.75) is 29.8 Å². The molecule has 0 nitrogen and oxygen atoms in total. The van der Waals surface area contributed by atoms with Crippen molar-refractivity contribution in [3.05, 3.63) is 4.84 Å². The maximum absolute atomic E-state index is 6.12. The van der Waals surface area contributed by atoms with Gasteiger partial charge in [0.1, 0.15) is 0 Å². The molecule has 0 aliphatic heterocycles. The second-order valence-corrected chi connectivity index (χ2v) is 15.4. The van der Waals surface area contributed by atoms with E-state index in [-0.39, 0.29) is 0 Å². The molecule has 0 spiro atoms. The zero-order valence-corrected chi connectivity index (χ0v) is 23.3. The quantitative estimate of drug-likeness (QED) is 0.242. The minimum absolute atomic E-state index is 0.783. The zero-order valence-electron chi connectivity index (χ0n) is 10.4. The van der Waals surface area contributed by atoms with E-state index in [1.54, 1.807) is 0 Å². The van der Waals surface area contributed by atoms with Crippen molar-refractivity contribution in [2.75, 3.05) is 0 Å². The van der Waals surface area contributed by atoms with Gasteiger partial charge >= 0.3 is 0 Å². The van der Waals surface area contributed by atoms with Crippen LogP contribution in [-0.2, 0) is 0 Å². The van der Waals surface area contributed by atoms with E-state index in [2.05, 4.69) is 0 Å². The van der Waals surface area contributed by atoms with Crippen LogP contribution in [-0.4, -0.2) is 29.8 Å². The average molecular weight is 699 g/mol. The fourth-order valence-corrected chi connectivity index (χ4v) is 5.79. The first-order chi connectivity index (χ1) is 10.4. The summed E-state index contributed by atoms with van der Waals surface area (Å²) in [5.41, 5.74) is 0. The van der Waals surface area contributed by atoms with Gasteiger partial charge in [0.15, 0.2) is 26.5 Å². The van der Waals surface area contributed by atoms with Crippen LogP contribution in [0.2, 0.25) is 0 Å². The van der Waals surface area contributed by atoms with Crippen LogP contribution in [0.15, 0.2) is 0 Å². The van der Waals surface area contributed by atoms with Crippen LogP contribution in [0, 0.1) is 4.84 Å². The number of hydrogen-bond donors (Lipinski definition) is 0. The standard InChI is InChI=1S/C8Cl17/c9-1(10)2(11,12)3(13,14)4(15,16)5(17,18)6(19,20)7(21,22)8(23,24)25. The molecule has 25 heavy (non-hydrogen) atoms. The molecule has 0 atom stereocenters. The summed E-state index contributed by atoms with van der Waals surface area (Å²) in [4.78, 5) is -0.783. The van der Waals surface area contributed by atoms with Gasteiger partial charge in [-0.05, 0) is 0 Å². The van der Waals surface area contributed by atoms with Crippen LogP contribution in [0.1, 0.15) is 0 Å². The topological polar surface area (TPSA) is 0 Å². The Bertz CT molecular complexity index is 481. The van der Waals surface area contributed by atoms with Gasteiger partial charge < -0.3 is 0 Å². The highest BCUT2D eigenvalue weighted by Crippen LogP contribution is 2.72. The van der Waals surface area contributed by atoms with Gasteiger partial charge in [0.2, 0.25) is 8.13 Å². The Labute approximate surface area is 228 Å². The molecule has 0 amide bonds. The molecule has 0 aliphatic carbocycles. The first-order valence-electron chi connectivity index (χ1n) is 4.96. The summed E-state index contributed by atoms with van der Waals surface area (Å²) >= 11 is 100. The van der Waals surface area contributed by atoms with Gasteiger partial charge in [0, 0.05) is 0 Å². The molecular formula is C8Cl17. The summed E-state index contributed by atoms with van der Waals surface area (Å²) in [5, 5.41) is 0. The molecule has 0 N–H and O–H groups in total. The van der Waals surface area contributed by atoms with Gasteiger partial charge in [-0.2, -0.15) is 0 Å². The second kappa shape index (κ2) is 9.05. The minimum atomic E-state index is -2.92. The third-order valence-electron chi connectivity index (χ3n) is 2.57. The zero-order chi connectivity index (χ0) is 21.1. The van der Waals surface area contributed by atoms with Gasteiger partial charge in [-0.3, -0.25) is 0 Å². The highest BCUT2D eigenvalue weighted by molar-refractivity contribution is 6.83. The van der Waals surface area contributed by atoms with E-state index in [0.717, 1.165) is 0 Å². The van der Waals surface area contributed by atoms with Gasteiger partial charge in [0.25, 0.3) is 0 Å². The number of halogens is 17. The predicted molar refractivity (Wildman–Crippen MR) is 122 cm³/mol. The van der Waals surface area contributed by atoms with Gasteiger partial charge in [-0.15, -0.1) is 0 Å². The molecule has 0 saturated carbocycles. The molecular weight excluding hydrogens is 699 g/mol. The highest BCUT2D eigenvalue weighted by Gasteiger charge is 2.79. The minimum Gasteiger partial charge on any atom is -0.0946 e. The summed E-state index contributed by atoms with van der Waals surface area (Å²) in [6.07, 6.45) is 0. The van der Waals surface area contributed by atoms with E-state index in [9.17, 15) is 0 Å². The summed E-state index contributed by atoms with van der Waals surface area (Å²) in [5.74, 6) is 0. The van der Waals surface area contributed by atoms with Crippen molar-refractivity contribution in [1.29, 1.82) is 0 Å². The Morgan fingerprint density at radius 2 is 0.600 bits per heavy atom. The van der Waals surface area contributed by atoms with Crippen LogP contribution < -0.4 is 0 Å². The van der Waals surface area contributed by atoms with Crippen molar-refractivity contribution in [2.24, 2.45) is 0 Å². The van der Waals surface area contributed by atoms with E-state index in [0.29, 0.717) is 0 Å². The summed E-state index contributed by atoms with van der Waals surface area (Å²) in [7, 11) is 0. The Hall–Kier alpha value is 4.93. The molecule has 0 aliphatic rings. The van der Waals surface area contributed by atoms with E-state index in [4.69, 9.17) is 197 Å². The van der Waals surface area contributed by atoms with Crippen molar-refractivity contribution in [3.8, 4) is 0 Å². The lowest BCUT2D eigenvalue weighted by Crippen LogP contribution is -2.68. The molecule has 0 aromatic heterocycles. The van der Waals surface area contributed by atoms with Crippen LogP contribution in [0.4, 0.5) is 0 Å². The van der Waals surface area contributed by atoms with Crippen LogP contribution >= 0.6 is 197 Å². The van der Waals surface area contributed by atoms with Crippen molar-refractivity contribution in [1.82, 2.24) is 0 Å². The van der Waals surface area contributed by atoms with Crippen LogP contribution in [0.3, 0.4) is 0 Å². The molecule has 0 saturated heterocycles. The molecule has 0 heterocycles. The van der Waals surface area contributed by atoms with Crippen molar-refractivity contribution < 1.29 is 0 Å². The highest BCUT2D eigenvalue weighted by atomic mass is 35.6. The van der Waals surface area contributed by atoms with E-state index in [1.807, 2.05) is 0 Å². The summed E-state index contributed by atoms with van der Waals surface area (Å²) in [6, 6.07) is 0.